The van der Waals surface area contributed by atoms with Gasteiger partial charge >= 0.3 is 0 Å². The lowest BCUT2D eigenvalue weighted by Crippen LogP contribution is -2.18. The van der Waals surface area contributed by atoms with Crippen molar-refractivity contribution in [3.8, 4) is 0 Å². The average Bonchev–Trinajstić information content (AvgIpc) is 2.92. The summed E-state index contributed by atoms with van der Waals surface area (Å²) in [4.78, 5) is 0. The average molecular weight is 533 g/mol. The van der Waals surface area contributed by atoms with Crippen LogP contribution in [0.2, 0.25) is 0 Å². The summed E-state index contributed by atoms with van der Waals surface area (Å²) < 4.78 is 0. The summed E-state index contributed by atoms with van der Waals surface area (Å²) in [5.74, 6) is 0. The Hall–Kier alpha value is -0.600. The smallest absolute Gasteiger partial charge is 0.0145 e. The number of hydrogen-bond acceptors (Lipinski definition) is 2. The summed E-state index contributed by atoms with van der Waals surface area (Å²) >= 11 is 0. The second kappa shape index (κ2) is 34.4. The van der Waals surface area contributed by atoms with E-state index < -0.39 is 0 Å². The van der Waals surface area contributed by atoms with Crippen molar-refractivity contribution in [2.45, 2.75) is 194 Å². The van der Waals surface area contributed by atoms with Gasteiger partial charge in [-0.3, -0.25) is 0 Å². The number of hydrogen-bond donors (Lipinski definition) is 0. The topological polar surface area (TPSA) is 26.3 Å². The van der Waals surface area contributed by atoms with E-state index >= 15 is 0 Å². The van der Waals surface area contributed by atoms with Crippen molar-refractivity contribution >= 4 is 0 Å². The zero-order valence-corrected chi connectivity index (χ0v) is 26.4. The number of hydroxylamine groups is 2. The van der Waals surface area contributed by atoms with E-state index in [-0.39, 0.29) is 0 Å². The van der Waals surface area contributed by atoms with Gasteiger partial charge in [-0.25, -0.2) is 0 Å². The third-order valence-corrected chi connectivity index (χ3v) is 7.84. The van der Waals surface area contributed by atoms with Crippen LogP contribution in [0.4, 0.5) is 0 Å². The van der Waals surface area contributed by atoms with Gasteiger partial charge in [-0.05, 0) is 77.3 Å². The first-order chi connectivity index (χ1) is 18.8. The highest BCUT2D eigenvalue weighted by atomic mass is 16.5. The third kappa shape index (κ3) is 33.4. The van der Waals surface area contributed by atoms with E-state index in [4.69, 9.17) is 0 Å². The number of rotatable bonds is 32. The first-order valence-corrected chi connectivity index (χ1v) is 17.5. The van der Waals surface area contributed by atoms with Crippen molar-refractivity contribution in [3.05, 3.63) is 29.5 Å². The fourth-order valence-electron chi connectivity index (χ4n) is 5.18. The molecule has 0 saturated carbocycles. The Morgan fingerprint density at radius 3 is 0.868 bits per heavy atom. The van der Waals surface area contributed by atoms with Gasteiger partial charge in [0.1, 0.15) is 0 Å². The lowest BCUT2D eigenvalue weighted by Gasteiger charge is -2.27. The van der Waals surface area contributed by atoms with Crippen molar-refractivity contribution in [1.82, 2.24) is 5.06 Å². The molecule has 0 bridgehead atoms. The normalized spacial score (nSPS) is 12.1. The molecular formula is C36H70NO-. The zero-order chi connectivity index (χ0) is 27.6. The molecule has 0 spiro atoms. The van der Waals surface area contributed by atoms with E-state index in [2.05, 4.69) is 38.2 Å². The summed E-state index contributed by atoms with van der Waals surface area (Å²) in [7, 11) is 0. The van der Waals surface area contributed by atoms with Crippen molar-refractivity contribution in [2.75, 3.05) is 13.1 Å². The summed E-state index contributed by atoms with van der Waals surface area (Å²) in [6.07, 6.45) is 46.6. The predicted octanol–water partition coefficient (Wildman–Crippen LogP) is 12.9. The standard InChI is InChI=1S/C36H70NO/c1-3-5-7-9-11-13-15-17-19-21-23-25-27-29-31-33-35-37(38)36-34-32-30-28-26-24-22-20-18-16-14-12-10-8-6-4-2/h17-20H,3-16,21-36H2,1-2H3/q-1/b19-17-,20-18-. The minimum Gasteiger partial charge on any atom is -0.785 e. The van der Waals surface area contributed by atoms with Gasteiger partial charge < -0.3 is 10.3 Å². The Morgan fingerprint density at radius 2 is 0.579 bits per heavy atom. The number of allylic oxidation sites excluding steroid dienone is 4. The van der Waals surface area contributed by atoms with Crippen LogP contribution in [0.5, 0.6) is 0 Å². The molecule has 0 unspecified atom stereocenters. The molecule has 0 saturated heterocycles. The minimum atomic E-state index is 0.742. The molecule has 2 nitrogen and oxygen atoms in total. The van der Waals surface area contributed by atoms with Crippen LogP contribution in [0, 0.1) is 5.21 Å². The van der Waals surface area contributed by atoms with Gasteiger partial charge in [-0.2, -0.15) is 0 Å². The molecule has 0 rings (SSSR count). The molecule has 0 heterocycles. The van der Waals surface area contributed by atoms with Crippen LogP contribution in [-0.2, 0) is 0 Å². The fraction of sp³-hybridized carbons (Fsp3) is 0.889. The first kappa shape index (κ1) is 37.4. The van der Waals surface area contributed by atoms with E-state index in [0.29, 0.717) is 0 Å². The molecule has 0 radical (unpaired) electrons. The second-order valence-electron chi connectivity index (χ2n) is 11.8. The quantitative estimate of drug-likeness (QED) is 0.0489. The van der Waals surface area contributed by atoms with Crippen LogP contribution >= 0.6 is 0 Å². The van der Waals surface area contributed by atoms with Crippen molar-refractivity contribution in [3.63, 3.8) is 0 Å². The molecule has 0 aromatic carbocycles. The van der Waals surface area contributed by atoms with Crippen LogP contribution < -0.4 is 0 Å². The molecule has 0 aliphatic carbocycles. The van der Waals surface area contributed by atoms with Crippen LogP contribution in [-0.4, -0.2) is 18.2 Å². The van der Waals surface area contributed by atoms with E-state index in [9.17, 15) is 5.21 Å². The Balaban J connectivity index is 3.22. The summed E-state index contributed by atoms with van der Waals surface area (Å²) in [5.41, 5.74) is 0. The Bertz CT molecular complexity index is 430. The molecule has 0 atom stereocenters. The summed E-state index contributed by atoms with van der Waals surface area (Å²) in [6, 6.07) is 0. The van der Waals surface area contributed by atoms with Gasteiger partial charge in [0.05, 0.1) is 0 Å². The maximum absolute atomic E-state index is 12.0. The third-order valence-electron chi connectivity index (χ3n) is 7.84. The Morgan fingerprint density at radius 1 is 0.342 bits per heavy atom. The van der Waals surface area contributed by atoms with Crippen LogP contribution in [0.3, 0.4) is 0 Å². The fourth-order valence-corrected chi connectivity index (χ4v) is 5.18. The van der Waals surface area contributed by atoms with E-state index in [1.165, 1.54) is 172 Å². The van der Waals surface area contributed by atoms with E-state index in [0.717, 1.165) is 25.9 Å². The lowest BCUT2D eigenvalue weighted by atomic mass is 10.1. The molecule has 0 aliphatic heterocycles. The highest BCUT2D eigenvalue weighted by Gasteiger charge is 1.96. The molecule has 0 fully saturated rings. The maximum Gasteiger partial charge on any atom is -0.0145 e. The van der Waals surface area contributed by atoms with Gasteiger partial charge in [-0.15, -0.1) is 0 Å². The first-order valence-electron chi connectivity index (χ1n) is 17.5. The molecule has 0 aromatic heterocycles. The summed E-state index contributed by atoms with van der Waals surface area (Å²) in [5, 5.41) is 13.4. The van der Waals surface area contributed by atoms with E-state index in [1.807, 2.05) is 0 Å². The second-order valence-corrected chi connectivity index (χ2v) is 11.8. The van der Waals surface area contributed by atoms with Gasteiger partial charge in [-0.1, -0.05) is 154 Å². The minimum absolute atomic E-state index is 0.742. The highest BCUT2D eigenvalue weighted by molar-refractivity contribution is 4.82. The lowest BCUT2D eigenvalue weighted by molar-refractivity contribution is 0.350. The molecule has 0 amide bonds. The Kier molecular flexibility index (Phi) is 33.9. The van der Waals surface area contributed by atoms with Crippen molar-refractivity contribution in [2.24, 2.45) is 0 Å². The molecule has 2 heteroatoms. The molecule has 0 aromatic rings. The van der Waals surface area contributed by atoms with Crippen molar-refractivity contribution in [1.29, 1.82) is 0 Å². The van der Waals surface area contributed by atoms with Crippen molar-refractivity contribution < 1.29 is 0 Å². The van der Waals surface area contributed by atoms with Crippen LogP contribution in [0.15, 0.2) is 24.3 Å². The molecular weight excluding hydrogens is 462 g/mol. The SMILES string of the molecule is CCCCCCCC/C=C\CCCCCCCCN([O-])CCCCCCCC/C=C\CCCCCCCC. The van der Waals surface area contributed by atoms with Gasteiger partial charge in [0, 0.05) is 0 Å². The molecule has 226 valence electrons. The van der Waals surface area contributed by atoms with Gasteiger partial charge in [0.15, 0.2) is 0 Å². The highest BCUT2D eigenvalue weighted by Crippen LogP contribution is 2.12. The maximum atomic E-state index is 12.0. The zero-order valence-electron chi connectivity index (χ0n) is 26.4. The monoisotopic (exact) mass is 533 g/mol. The molecule has 38 heavy (non-hydrogen) atoms. The Labute approximate surface area is 241 Å². The predicted molar refractivity (Wildman–Crippen MR) is 174 cm³/mol. The molecule has 0 N–H and O–H groups in total. The van der Waals surface area contributed by atoms with E-state index in [1.54, 1.807) is 0 Å². The number of nitrogens with zero attached hydrogens (tertiary/aromatic N) is 1. The number of unbranched alkanes of at least 4 members (excludes halogenated alkanes) is 24. The molecule has 0 aliphatic rings. The van der Waals surface area contributed by atoms with Crippen LogP contribution in [0.1, 0.15) is 194 Å². The van der Waals surface area contributed by atoms with Gasteiger partial charge in [0.25, 0.3) is 0 Å². The van der Waals surface area contributed by atoms with Gasteiger partial charge in [0.2, 0.25) is 0 Å². The van der Waals surface area contributed by atoms with Crippen LogP contribution in [0.25, 0.3) is 0 Å². The largest absolute Gasteiger partial charge is 0.785 e. The summed E-state index contributed by atoms with van der Waals surface area (Å²) in [6.45, 7) is 6.05.